The number of amides is 1. The van der Waals surface area contributed by atoms with Gasteiger partial charge in [-0.15, -0.1) is 0 Å². The minimum atomic E-state index is -0.515. The molecule has 2 aromatic heterocycles. The number of benzene rings is 1. The number of carbonyl (C=O) groups is 1. The summed E-state index contributed by atoms with van der Waals surface area (Å²) in [6.45, 7) is 1.80. The van der Waals surface area contributed by atoms with Crippen molar-refractivity contribution in [1.29, 1.82) is 0 Å². The molecule has 1 amide bonds. The second kappa shape index (κ2) is 5.97. The van der Waals surface area contributed by atoms with Crippen LogP contribution in [0.5, 0.6) is 0 Å². The molecule has 1 fully saturated rings. The molecule has 0 spiro atoms. The van der Waals surface area contributed by atoms with Gasteiger partial charge in [-0.25, -0.2) is 4.79 Å². The van der Waals surface area contributed by atoms with Crippen molar-refractivity contribution in [1.82, 2.24) is 14.0 Å². The highest BCUT2D eigenvalue weighted by Gasteiger charge is 2.36. The smallest absolute Gasteiger partial charge is 0.408 e. The first-order valence-electron chi connectivity index (χ1n) is 9.16. The first-order chi connectivity index (χ1) is 13.1. The van der Waals surface area contributed by atoms with Gasteiger partial charge in [-0.2, -0.15) is 0 Å². The van der Waals surface area contributed by atoms with Crippen LogP contribution in [0.15, 0.2) is 56.5 Å². The van der Waals surface area contributed by atoms with Crippen LogP contribution < -0.4 is 11.3 Å². The summed E-state index contributed by atoms with van der Waals surface area (Å²) in [6, 6.07) is 12.5. The molecule has 2 atom stereocenters. The number of hydrogen-bond acceptors (Lipinski definition) is 4. The second-order valence-electron chi connectivity index (χ2n) is 7.42. The summed E-state index contributed by atoms with van der Waals surface area (Å²) < 4.78 is 8.45. The van der Waals surface area contributed by atoms with E-state index in [-0.39, 0.29) is 29.8 Å². The number of piperidine rings is 1. The van der Waals surface area contributed by atoms with Gasteiger partial charge in [0.2, 0.25) is 5.91 Å². The normalized spacial score (nSPS) is 21.3. The fraction of sp³-hybridized carbons (Fsp3) is 0.350. The van der Waals surface area contributed by atoms with Gasteiger partial charge in [-0.1, -0.05) is 18.2 Å². The molecule has 138 valence electrons. The van der Waals surface area contributed by atoms with Crippen molar-refractivity contribution in [3.63, 3.8) is 0 Å². The fourth-order valence-electron chi connectivity index (χ4n) is 4.50. The van der Waals surface area contributed by atoms with Crippen LogP contribution >= 0.6 is 0 Å². The van der Waals surface area contributed by atoms with Crippen LogP contribution in [0, 0.1) is 5.92 Å². The topological polar surface area (TPSA) is 77.5 Å². The lowest BCUT2D eigenvalue weighted by Gasteiger charge is -2.42. The minimum absolute atomic E-state index is 0.0263. The zero-order valence-corrected chi connectivity index (χ0v) is 14.7. The highest BCUT2D eigenvalue weighted by Crippen LogP contribution is 2.35. The number of aromatic nitrogens is 2. The fourth-order valence-corrected chi connectivity index (χ4v) is 4.50. The molecule has 0 aliphatic carbocycles. The lowest BCUT2D eigenvalue weighted by Crippen LogP contribution is -2.50. The highest BCUT2D eigenvalue weighted by molar-refractivity contribution is 5.79. The molecule has 0 radical (unpaired) electrons. The van der Waals surface area contributed by atoms with E-state index < -0.39 is 5.76 Å². The lowest BCUT2D eigenvalue weighted by atomic mass is 9.83. The van der Waals surface area contributed by atoms with E-state index in [1.54, 1.807) is 30.3 Å². The molecule has 7 nitrogen and oxygen atoms in total. The number of hydrogen-bond donors (Lipinski definition) is 0. The maximum Gasteiger partial charge on any atom is 0.420 e. The molecule has 0 saturated carbocycles. The molecule has 4 heterocycles. The van der Waals surface area contributed by atoms with Crippen molar-refractivity contribution < 1.29 is 9.21 Å². The number of rotatable bonds is 2. The van der Waals surface area contributed by atoms with Crippen LogP contribution in [0.4, 0.5) is 0 Å². The average molecular weight is 365 g/mol. The van der Waals surface area contributed by atoms with Gasteiger partial charge in [0.1, 0.15) is 6.54 Å². The number of nitrogens with zero attached hydrogens (tertiary/aromatic N) is 3. The van der Waals surface area contributed by atoms with Crippen LogP contribution in [0.25, 0.3) is 11.1 Å². The summed E-state index contributed by atoms with van der Waals surface area (Å²) in [6.07, 6.45) is 0.988. The lowest BCUT2D eigenvalue weighted by molar-refractivity contribution is -0.134. The zero-order valence-electron chi connectivity index (χ0n) is 14.7. The summed E-state index contributed by atoms with van der Waals surface area (Å²) in [5.74, 6) is -0.185. The third kappa shape index (κ3) is 2.61. The number of likely N-dealkylation sites (tertiary alicyclic amines) is 1. The van der Waals surface area contributed by atoms with Crippen molar-refractivity contribution in [3.05, 3.63) is 69.1 Å². The van der Waals surface area contributed by atoms with Gasteiger partial charge in [0.15, 0.2) is 5.58 Å². The Labute approximate surface area is 154 Å². The van der Waals surface area contributed by atoms with Crippen molar-refractivity contribution in [2.24, 2.45) is 5.92 Å². The Balaban J connectivity index is 1.42. The van der Waals surface area contributed by atoms with Crippen LogP contribution in [0.3, 0.4) is 0 Å². The highest BCUT2D eigenvalue weighted by atomic mass is 16.4. The van der Waals surface area contributed by atoms with E-state index >= 15 is 0 Å². The molecular formula is C20H19N3O4. The minimum Gasteiger partial charge on any atom is -0.408 e. The van der Waals surface area contributed by atoms with Crippen molar-refractivity contribution in [2.75, 3.05) is 13.1 Å². The maximum atomic E-state index is 12.9. The van der Waals surface area contributed by atoms with Crippen LogP contribution in [0.2, 0.25) is 0 Å². The Bertz CT molecular complexity index is 1160. The van der Waals surface area contributed by atoms with Crippen molar-refractivity contribution in [3.8, 4) is 0 Å². The quantitative estimate of drug-likeness (QED) is 0.688. The monoisotopic (exact) mass is 365 g/mol. The third-order valence-electron chi connectivity index (χ3n) is 5.70. The summed E-state index contributed by atoms with van der Waals surface area (Å²) in [5.41, 5.74) is 2.14. The number of oxazole rings is 1. The Morgan fingerprint density at radius 2 is 1.89 bits per heavy atom. The van der Waals surface area contributed by atoms with Gasteiger partial charge in [0.25, 0.3) is 5.56 Å². The molecule has 5 rings (SSSR count). The summed E-state index contributed by atoms with van der Waals surface area (Å²) in [5, 5.41) is 0. The van der Waals surface area contributed by atoms with Crippen LogP contribution in [-0.4, -0.2) is 33.0 Å². The predicted octanol–water partition coefficient (Wildman–Crippen LogP) is 1.40. The van der Waals surface area contributed by atoms with E-state index in [1.165, 1.54) is 4.57 Å². The van der Waals surface area contributed by atoms with Crippen LogP contribution in [0.1, 0.15) is 18.0 Å². The van der Waals surface area contributed by atoms with E-state index in [4.69, 9.17) is 4.42 Å². The summed E-state index contributed by atoms with van der Waals surface area (Å²) in [4.78, 5) is 39.0. The van der Waals surface area contributed by atoms with Gasteiger partial charge in [0.05, 0.1) is 5.52 Å². The molecule has 2 aliphatic rings. The Morgan fingerprint density at radius 3 is 2.78 bits per heavy atom. The van der Waals surface area contributed by atoms with Crippen LogP contribution in [-0.2, 0) is 17.9 Å². The van der Waals surface area contributed by atoms with Gasteiger partial charge >= 0.3 is 5.76 Å². The predicted molar refractivity (Wildman–Crippen MR) is 98.6 cm³/mol. The van der Waals surface area contributed by atoms with E-state index in [0.29, 0.717) is 30.7 Å². The summed E-state index contributed by atoms with van der Waals surface area (Å²) >= 11 is 0. The molecule has 1 aromatic carbocycles. The van der Waals surface area contributed by atoms with E-state index in [1.807, 2.05) is 21.6 Å². The Morgan fingerprint density at radius 1 is 1.04 bits per heavy atom. The third-order valence-corrected chi connectivity index (χ3v) is 5.70. The zero-order chi connectivity index (χ0) is 18.5. The van der Waals surface area contributed by atoms with Gasteiger partial charge in [0, 0.05) is 37.3 Å². The molecule has 2 aliphatic heterocycles. The molecule has 27 heavy (non-hydrogen) atoms. The SMILES string of the molecule is O=C(Cn1c(=O)oc2ccccc21)N1C[C@@H]2C[C@H](C1)c1cccc(=O)n1C2. The molecule has 2 bridgehead atoms. The Kier molecular flexibility index (Phi) is 3.56. The molecular weight excluding hydrogens is 346 g/mol. The number of pyridine rings is 1. The number of carbonyl (C=O) groups excluding carboxylic acids is 1. The number of fused-ring (bicyclic) bond motifs is 5. The summed E-state index contributed by atoms with van der Waals surface area (Å²) in [7, 11) is 0. The van der Waals surface area contributed by atoms with Gasteiger partial charge in [-0.3, -0.25) is 14.2 Å². The van der Waals surface area contributed by atoms with Crippen molar-refractivity contribution in [2.45, 2.75) is 25.4 Å². The average Bonchev–Trinajstić information content (AvgIpc) is 2.98. The maximum absolute atomic E-state index is 12.9. The van der Waals surface area contributed by atoms with Gasteiger partial charge in [-0.05, 0) is 30.5 Å². The largest absolute Gasteiger partial charge is 0.420 e. The molecule has 7 heteroatoms. The van der Waals surface area contributed by atoms with E-state index in [9.17, 15) is 14.4 Å². The van der Waals surface area contributed by atoms with E-state index in [2.05, 4.69) is 0 Å². The standard InChI is InChI=1S/C20H19N3O4/c24-18-7-3-5-15-14-8-13(10-22(15)18)9-21(11-14)19(25)12-23-16-4-1-2-6-17(16)27-20(23)26/h1-7,13-14H,8-12H2/t13-,14+/m0/s1. The van der Waals surface area contributed by atoms with Gasteiger partial charge < -0.3 is 13.9 Å². The Hall–Kier alpha value is -3.09. The first-order valence-corrected chi connectivity index (χ1v) is 9.16. The number of para-hydroxylation sites is 2. The molecule has 0 unspecified atom stereocenters. The molecule has 3 aromatic rings. The second-order valence-corrected chi connectivity index (χ2v) is 7.42. The molecule has 0 N–H and O–H groups in total. The van der Waals surface area contributed by atoms with Crippen molar-refractivity contribution >= 4 is 17.0 Å². The first kappa shape index (κ1) is 16.1. The van der Waals surface area contributed by atoms with E-state index in [0.717, 1.165) is 12.1 Å². The molecule has 1 saturated heterocycles.